The Morgan fingerprint density at radius 3 is 2.26 bits per heavy atom. The van der Waals surface area contributed by atoms with Crippen molar-refractivity contribution in [2.45, 2.75) is 91.6 Å². The molecule has 2 aromatic heterocycles. The number of rotatable bonds is 19. The number of nitrogens with one attached hydrogen (secondary N) is 3. The van der Waals surface area contributed by atoms with Gasteiger partial charge in [0.2, 0.25) is 5.91 Å². The second-order valence-corrected chi connectivity index (χ2v) is 16.9. The highest BCUT2D eigenvalue weighted by Crippen LogP contribution is 2.24. The molecular formula is C47H62N8O6. The number of alkyl carbamates (subject to hydrolysis) is 1. The van der Waals surface area contributed by atoms with Crippen molar-refractivity contribution in [1.82, 2.24) is 40.8 Å². The Morgan fingerprint density at radius 2 is 1.62 bits per heavy atom. The number of pyridine rings is 2. The quantitative estimate of drug-likeness (QED) is 0.0887. The summed E-state index contributed by atoms with van der Waals surface area (Å²) >= 11 is 0. The van der Waals surface area contributed by atoms with Gasteiger partial charge in [-0.15, -0.1) is 0 Å². The third-order valence-corrected chi connectivity index (χ3v) is 11.1. The summed E-state index contributed by atoms with van der Waals surface area (Å²) in [6.07, 6.45) is 1.30. The number of methoxy groups -OCH3 is 1. The van der Waals surface area contributed by atoms with E-state index in [-0.39, 0.29) is 37.4 Å². The van der Waals surface area contributed by atoms with Crippen LogP contribution in [0, 0.1) is 18.3 Å². The minimum Gasteiger partial charge on any atom is -0.453 e. The number of aryl methyl sites for hydroxylation is 1. The zero-order chi connectivity index (χ0) is 44.1. The molecule has 5 amide bonds. The van der Waals surface area contributed by atoms with Crippen LogP contribution in [0.25, 0.3) is 11.3 Å². The fourth-order valence-electron chi connectivity index (χ4n) is 7.52. The summed E-state index contributed by atoms with van der Waals surface area (Å²) in [7, 11) is 1.23. The lowest BCUT2D eigenvalue weighted by Crippen LogP contribution is -2.60. The van der Waals surface area contributed by atoms with Gasteiger partial charge >= 0.3 is 12.1 Å². The topological polar surface area (TPSA) is 169 Å². The van der Waals surface area contributed by atoms with Crippen molar-refractivity contribution < 1.29 is 29.0 Å². The number of hydrazine groups is 1. The van der Waals surface area contributed by atoms with Gasteiger partial charge in [-0.2, -0.15) is 0 Å². The molecule has 2 aromatic carbocycles. The van der Waals surface area contributed by atoms with E-state index in [9.17, 15) is 24.3 Å². The molecule has 5 atom stereocenters. The highest BCUT2D eigenvalue weighted by atomic mass is 16.5. The second kappa shape index (κ2) is 21.6. The van der Waals surface area contributed by atoms with Gasteiger partial charge in [0, 0.05) is 62.3 Å². The van der Waals surface area contributed by atoms with Gasteiger partial charge in [0.1, 0.15) is 12.1 Å². The number of nitrogens with zero attached hydrogens (tertiary/aromatic N) is 5. The van der Waals surface area contributed by atoms with E-state index in [1.165, 1.54) is 7.11 Å². The number of amides is 5. The van der Waals surface area contributed by atoms with Crippen LogP contribution in [0.2, 0.25) is 0 Å². The van der Waals surface area contributed by atoms with Gasteiger partial charge < -0.3 is 30.3 Å². The summed E-state index contributed by atoms with van der Waals surface area (Å²) in [6.45, 7) is 12.8. The third-order valence-electron chi connectivity index (χ3n) is 11.1. The molecular weight excluding hydrogens is 773 g/mol. The van der Waals surface area contributed by atoms with E-state index < -0.39 is 41.6 Å². The Labute approximate surface area is 360 Å². The van der Waals surface area contributed by atoms with Crippen molar-refractivity contribution in [3.8, 4) is 11.3 Å². The fraction of sp³-hybridized carbons (Fsp3) is 0.447. The van der Waals surface area contributed by atoms with Crippen molar-refractivity contribution in [1.29, 1.82) is 0 Å². The van der Waals surface area contributed by atoms with Crippen LogP contribution in [-0.4, -0.2) is 111 Å². The first-order valence-electron chi connectivity index (χ1n) is 21.1. The first-order valence-corrected chi connectivity index (χ1v) is 21.1. The Morgan fingerprint density at radius 1 is 0.902 bits per heavy atom. The Balaban J connectivity index is 1.39. The van der Waals surface area contributed by atoms with Crippen molar-refractivity contribution in [3.05, 3.63) is 120 Å². The largest absolute Gasteiger partial charge is 0.453 e. The molecule has 0 radical (unpaired) electrons. The monoisotopic (exact) mass is 834 g/mol. The summed E-state index contributed by atoms with van der Waals surface area (Å²) in [6, 6.07) is 26.0. The lowest BCUT2D eigenvalue weighted by Gasteiger charge is -2.36. The van der Waals surface area contributed by atoms with Gasteiger partial charge in [-0.3, -0.25) is 25.0 Å². The molecule has 4 N–H and O–H groups in total. The molecule has 1 fully saturated rings. The minimum absolute atomic E-state index is 0.0992. The number of aliphatic hydroxyl groups is 1. The summed E-state index contributed by atoms with van der Waals surface area (Å²) in [5, 5.41) is 19.6. The highest BCUT2D eigenvalue weighted by molar-refractivity contribution is 5.88. The van der Waals surface area contributed by atoms with Crippen molar-refractivity contribution in [2.75, 3.05) is 33.3 Å². The molecule has 326 valence electrons. The van der Waals surface area contributed by atoms with Crippen LogP contribution in [0.5, 0.6) is 0 Å². The standard InChI is InChI=1S/C47H62N8O6/c1-8-32(2)41(55-28-27-53(46(55)60)26-24-37-18-14-15-33(3)49-37)43(57)50-39(29-34-16-10-9-11-17-34)40(56)31-54(52-44(58)42(47(4,5)6)51-45(59)61-7)30-35-20-22-36(23-21-35)38-19-12-13-25-48-38/h9-23,25,32,39-42,56H,8,24,26-31H2,1-7H3,(H,50,57)(H,51,59)(H,52,58). The van der Waals surface area contributed by atoms with Gasteiger partial charge in [0.05, 0.1) is 24.9 Å². The molecule has 0 aliphatic carbocycles. The molecule has 61 heavy (non-hydrogen) atoms. The van der Waals surface area contributed by atoms with Crippen LogP contribution in [0.1, 0.15) is 63.6 Å². The number of ether oxygens (including phenoxy) is 1. The number of aromatic nitrogens is 2. The Kier molecular flexibility index (Phi) is 16.4. The molecule has 1 aliphatic heterocycles. The fourth-order valence-corrected chi connectivity index (χ4v) is 7.52. The van der Waals surface area contributed by atoms with E-state index in [0.29, 0.717) is 32.5 Å². The van der Waals surface area contributed by atoms with Gasteiger partial charge in [-0.05, 0) is 60.1 Å². The van der Waals surface area contributed by atoms with Crippen LogP contribution < -0.4 is 16.1 Å². The van der Waals surface area contributed by atoms with Crippen LogP contribution in [0.4, 0.5) is 9.59 Å². The molecule has 5 rings (SSSR count). The molecule has 0 spiro atoms. The molecule has 5 unspecified atom stereocenters. The lowest BCUT2D eigenvalue weighted by atomic mass is 9.86. The SMILES string of the molecule is CCC(C)C(C(=O)NC(Cc1ccccc1)C(O)CN(Cc1ccc(-c2ccccn2)cc1)NC(=O)C(NC(=O)OC)C(C)(C)C)N1CCN(CCc2cccc(C)n2)C1=O. The molecule has 0 bridgehead atoms. The second-order valence-electron chi connectivity index (χ2n) is 16.9. The van der Waals surface area contributed by atoms with Gasteiger partial charge in [-0.25, -0.2) is 14.6 Å². The summed E-state index contributed by atoms with van der Waals surface area (Å²) in [5.41, 5.74) is 7.52. The van der Waals surface area contributed by atoms with Crippen LogP contribution >= 0.6 is 0 Å². The zero-order valence-corrected chi connectivity index (χ0v) is 36.5. The molecule has 1 aliphatic rings. The lowest BCUT2D eigenvalue weighted by molar-refractivity contribution is -0.132. The van der Waals surface area contributed by atoms with Gasteiger partial charge in [0.25, 0.3) is 5.91 Å². The van der Waals surface area contributed by atoms with Crippen LogP contribution in [-0.2, 0) is 33.7 Å². The Hall–Kier alpha value is -5.86. The van der Waals surface area contributed by atoms with E-state index in [4.69, 9.17) is 4.74 Å². The first kappa shape index (κ1) is 46.2. The van der Waals surface area contributed by atoms with E-state index in [2.05, 4.69) is 26.0 Å². The molecule has 1 saturated heterocycles. The predicted octanol–water partition coefficient (Wildman–Crippen LogP) is 5.54. The number of aliphatic hydroxyl groups excluding tert-OH is 1. The zero-order valence-electron chi connectivity index (χ0n) is 36.5. The third kappa shape index (κ3) is 13.1. The number of urea groups is 1. The minimum atomic E-state index is -1.20. The number of hydrogen-bond acceptors (Lipinski definition) is 9. The molecule has 3 heterocycles. The number of hydrogen-bond donors (Lipinski definition) is 4. The van der Waals surface area contributed by atoms with E-state index in [0.717, 1.165) is 33.8 Å². The predicted molar refractivity (Wildman–Crippen MR) is 235 cm³/mol. The van der Waals surface area contributed by atoms with Crippen LogP contribution in [0.15, 0.2) is 97.2 Å². The molecule has 0 saturated carbocycles. The first-order chi connectivity index (χ1) is 29.2. The highest BCUT2D eigenvalue weighted by Gasteiger charge is 2.41. The Bertz CT molecular complexity index is 2050. The maximum atomic E-state index is 14.6. The van der Waals surface area contributed by atoms with Gasteiger partial charge in [-0.1, -0.05) is 108 Å². The van der Waals surface area contributed by atoms with Crippen molar-refractivity contribution in [2.24, 2.45) is 11.3 Å². The normalized spacial score (nSPS) is 15.5. The summed E-state index contributed by atoms with van der Waals surface area (Å²) in [5.74, 6) is -1.05. The van der Waals surface area contributed by atoms with E-state index >= 15 is 0 Å². The summed E-state index contributed by atoms with van der Waals surface area (Å²) < 4.78 is 4.83. The number of carbonyl (C=O) groups excluding carboxylic acids is 4. The maximum absolute atomic E-state index is 14.6. The molecule has 4 aromatic rings. The number of carbonyl (C=O) groups is 4. The van der Waals surface area contributed by atoms with E-state index in [1.807, 2.05) is 133 Å². The maximum Gasteiger partial charge on any atom is 0.407 e. The van der Waals surface area contributed by atoms with Crippen LogP contribution in [0.3, 0.4) is 0 Å². The summed E-state index contributed by atoms with van der Waals surface area (Å²) in [4.78, 5) is 67.3. The smallest absolute Gasteiger partial charge is 0.407 e. The number of benzene rings is 2. The molecule has 14 heteroatoms. The van der Waals surface area contributed by atoms with E-state index in [1.54, 1.807) is 21.0 Å². The molecule has 14 nitrogen and oxygen atoms in total. The van der Waals surface area contributed by atoms with Crippen molar-refractivity contribution in [3.63, 3.8) is 0 Å². The van der Waals surface area contributed by atoms with Crippen molar-refractivity contribution >= 4 is 23.9 Å². The average molecular weight is 835 g/mol. The average Bonchev–Trinajstić information content (AvgIpc) is 3.60. The van der Waals surface area contributed by atoms with Gasteiger partial charge in [0.15, 0.2) is 0 Å².